The van der Waals surface area contributed by atoms with E-state index in [1.165, 1.54) is 0 Å². The standard InChI is InChI=1S/C15H24N2O2.ClH/c1-16-11-6-10-15(18)17(2)12-7-13-19-14-8-4-3-5-9-14;/h3-5,8-9,16H,6-7,10-13H2,1-2H3;1H. The summed E-state index contributed by atoms with van der Waals surface area (Å²) in [7, 11) is 3.75. The molecule has 0 aliphatic heterocycles. The fraction of sp³-hybridized carbons (Fsp3) is 0.533. The van der Waals surface area contributed by atoms with Crippen LogP contribution in [0.5, 0.6) is 5.75 Å². The molecule has 4 nitrogen and oxygen atoms in total. The lowest BCUT2D eigenvalue weighted by Crippen LogP contribution is -2.29. The molecule has 0 saturated carbocycles. The van der Waals surface area contributed by atoms with Crippen LogP contribution in [0.1, 0.15) is 19.3 Å². The maximum absolute atomic E-state index is 11.7. The molecule has 1 N–H and O–H groups in total. The quantitative estimate of drug-likeness (QED) is 0.712. The number of amides is 1. The van der Waals surface area contributed by atoms with E-state index in [1.54, 1.807) is 4.90 Å². The smallest absolute Gasteiger partial charge is 0.222 e. The van der Waals surface area contributed by atoms with Crippen LogP contribution in [0.15, 0.2) is 30.3 Å². The van der Waals surface area contributed by atoms with Gasteiger partial charge in [0.2, 0.25) is 5.91 Å². The van der Waals surface area contributed by atoms with E-state index in [1.807, 2.05) is 44.4 Å². The van der Waals surface area contributed by atoms with Crippen LogP contribution < -0.4 is 10.1 Å². The molecule has 0 aromatic heterocycles. The summed E-state index contributed by atoms with van der Waals surface area (Å²) in [6.45, 7) is 2.26. The van der Waals surface area contributed by atoms with Gasteiger partial charge in [0.1, 0.15) is 5.75 Å². The average molecular weight is 301 g/mol. The molecule has 0 aliphatic carbocycles. The summed E-state index contributed by atoms with van der Waals surface area (Å²) in [5.74, 6) is 1.08. The predicted molar refractivity (Wildman–Crippen MR) is 84.6 cm³/mol. The molecule has 1 aromatic carbocycles. The zero-order chi connectivity index (χ0) is 13.9. The van der Waals surface area contributed by atoms with Gasteiger partial charge in [-0.2, -0.15) is 0 Å². The van der Waals surface area contributed by atoms with Crippen molar-refractivity contribution in [3.8, 4) is 5.75 Å². The van der Waals surface area contributed by atoms with Crippen molar-refractivity contribution in [1.29, 1.82) is 0 Å². The second-order valence-electron chi connectivity index (χ2n) is 4.54. The fourth-order valence-electron chi connectivity index (χ4n) is 1.74. The van der Waals surface area contributed by atoms with Gasteiger partial charge < -0.3 is 15.0 Å². The number of benzene rings is 1. The Labute approximate surface area is 127 Å². The number of halogens is 1. The van der Waals surface area contributed by atoms with Crippen molar-refractivity contribution < 1.29 is 9.53 Å². The van der Waals surface area contributed by atoms with Crippen LogP contribution in [0, 0.1) is 0 Å². The first-order valence-electron chi connectivity index (χ1n) is 6.80. The number of carbonyl (C=O) groups is 1. The summed E-state index contributed by atoms with van der Waals surface area (Å²) in [5.41, 5.74) is 0. The lowest BCUT2D eigenvalue weighted by atomic mass is 10.2. The summed E-state index contributed by atoms with van der Waals surface area (Å²) >= 11 is 0. The molecule has 1 amide bonds. The molecule has 1 rings (SSSR count). The number of carbonyl (C=O) groups excluding carboxylic acids is 1. The van der Waals surface area contributed by atoms with Crippen LogP contribution in [0.3, 0.4) is 0 Å². The summed E-state index contributed by atoms with van der Waals surface area (Å²) < 4.78 is 5.59. The van der Waals surface area contributed by atoms with Gasteiger partial charge in [0.25, 0.3) is 0 Å². The van der Waals surface area contributed by atoms with Crippen LogP contribution in [0.4, 0.5) is 0 Å². The van der Waals surface area contributed by atoms with Gasteiger partial charge in [0.05, 0.1) is 6.61 Å². The zero-order valence-electron chi connectivity index (χ0n) is 12.3. The minimum Gasteiger partial charge on any atom is -0.494 e. The van der Waals surface area contributed by atoms with Crippen molar-refractivity contribution in [1.82, 2.24) is 10.2 Å². The number of nitrogens with one attached hydrogen (secondary N) is 1. The highest BCUT2D eigenvalue weighted by Gasteiger charge is 2.07. The molecular formula is C15H25ClN2O2. The molecule has 0 spiro atoms. The molecule has 0 unspecified atom stereocenters. The van der Waals surface area contributed by atoms with E-state index in [0.29, 0.717) is 13.0 Å². The summed E-state index contributed by atoms with van der Waals surface area (Å²) in [6.07, 6.45) is 2.35. The lowest BCUT2D eigenvalue weighted by Gasteiger charge is -2.17. The van der Waals surface area contributed by atoms with Crippen molar-refractivity contribution in [2.45, 2.75) is 19.3 Å². The maximum atomic E-state index is 11.7. The molecular weight excluding hydrogens is 276 g/mol. The number of para-hydroxylation sites is 1. The summed E-state index contributed by atoms with van der Waals surface area (Å²) in [5, 5.41) is 3.04. The Hall–Kier alpha value is -1.26. The summed E-state index contributed by atoms with van der Waals surface area (Å²) in [4.78, 5) is 13.5. The largest absolute Gasteiger partial charge is 0.494 e. The maximum Gasteiger partial charge on any atom is 0.222 e. The highest BCUT2D eigenvalue weighted by molar-refractivity contribution is 5.85. The molecule has 20 heavy (non-hydrogen) atoms. The van der Waals surface area contributed by atoms with E-state index < -0.39 is 0 Å². The number of hydrogen-bond donors (Lipinski definition) is 1. The third-order valence-corrected chi connectivity index (χ3v) is 2.89. The van der Waals surface area contributed by atoms with Crippen molar-refractivity contribution in [2.24, 2.45) is 0 Å². The van der Waals surface area contributed by atoms with E-state index in [2.05, 4.69) is 5.32 Å². The molecule has 0 heterocycles. The van der Waals surface area contributed by atoms with Crippen LogP contribution >= 0.6 is 12.4 Å². The van der Waals surface area contributed by atoms with Gasteiger partial charge in [-0.15, -0.1) is 12.4 Å². The van der Waals surface area contributed by atoms with Crippen LogP contribution in [-0.2, 0) is 4.79 Å². The highest BCUT2D eigenvalue weighted by Crippen LogP contribution is 2.08. The topological polar surface area (TPSA) is 41.6 Å². The van der Waals surface area contributed by atoms with Gasteiger partial charge in [-0.05, 0) is 38.6 Å². The predicted octanol–water partition coefficient (Wildman–Crippen LogP) is 2.34. The molecule has 1 aromatic rings. The zero-order valence-corrected chi connectivity index (χ0v) is 13.1. The minimum atomic E-state index is 0. The molecule has 114 valence electrons. The molecule has 0 atom stereocenters. The molecule has 0 saturated heterocycles. The second kappa shape index (κ2) is 11.6. The Morgan fingerprint density at radius 3 is 2.60 bits per heavy atom. The Kier molecular flexibility index (Phi) is 10.8. The average Bonchev–Trinajstić information content (AvgIpc) is 2.44. The van der Waals surface area contributed by atoms with Crippen molar-refractivity contribution in [3.05, 3.63) is 30.3 Å². The fourth-order valence-corrected chi connectivity index (χ4v) is 1.74. The Bertz CT molecular complexity index is 360. The van der Waals surface area contributed by atoms with Crippen molar-refractivity contribution in [3.63, 3.8) is 0 Å². The SMILES string of the molecule is CNCCCC(=O)N(C)CCCOc1ccccc1.Cl. The lowest BCUT2D eigenvalue weighted by molar-refractivity contribution is -0.130. The third kappa shape index (κ3) is 8.02. The van der Waals surface area contributed by atoms with Gasteiger partial charge in [0, 0.05) is 20.0 Å². The van der Waals surface area contributed by atoms with Gasteiger partial charge in [0.15, 0.2) is 0 Å². The first kappa shape index (κ1) is 18.7. The number of ether oxygens (including phenoxy) is 1. The van der Waals surface area contributed by atoms with Crippen molar-refractivity contribution >= 4 is 18.3 Å². The molecule has 0 fully saturated rings. The number of nitrogens with zero attached hydrogens (tertiary/aromatic N) is 1. The van der Waals surface area contributed by atoms with Gasteiger partial charge in [-0.1, -0.05) is 18.2 Å². The molecule has 5 heteroatoms. The van der Waals surface area contributed by atoms with E-state index >= 15 is 0 Å². The van der Waals surface area contributed by atoms with Gasteiger partial charge >= 0.3 is 0 Å². The molecule has 0 bridgehead atoms. The first-order valence-corrected chi connectivity index (χ1v) is 6.80. The minimum absolute atomic E-state index is 0. The molecule has 0 radical (unpaired) electrons. The Morgan fingerprint density at radius 1 is 1.25 bits per heavy atom. The van der Waals surface area contributed by atoms with Crippen LogP contribution in [0.2, 0.25) is 0 Å². The first-order chi connectivity index (χ1) is 9.24. The van der Waals surface area contributed by atoms with Gasteiger partial charge in [-0.3, -0.25) is 4.79 Å². The number of hydrogen-bond acceptors (Lipinski definition) is 3. The number of rotatable bonds is 9. The van der Waals surface area contributed by atoms with Crippen LogP contribution in [-0.4, -0.2) is 44.6 Å². The van der Waals surface area contributed by atoms with E-state index in [0.717, 1.165) is 31.7 Å². The normalized spacial score (nSPS) is 9.70. The van der Waals surface area contributed by atoms with E-state index in [-0.39, 0.29) is 18.3 Å². The Morgan fingerprint density at radius 2 is 1.95 bits per heavy atom. The molecule has 0 aliphatic rings. The van der Waals surface area contributed by atoms with Crippen LogP contribution in [0.25, 0.3) is 0 Å². The second-order valence-corrected chi connectivity index (χ2v) is 4.54. The van der Waals surface area contributed by atoms with E-state index in [4.69, 9.17) is 4.74 Å². The van der Waals surface area contributed by atoms with E-state index in [9.17, 15) is 4.79 Å². The third-order valence-electron chi connectivity index (χ3n) is 2.89. The van der Waals surface area contributed by atoms with Gasteiger partial charge in [-0.25, -0.2) is 0 Å². The summed E-state index contributed by atoms with van der Waals surface area (Å²) in [6, 6.07) is 9.74. The Balaban J connectivity index is 0.00000361. The highest BCUT2D eigenvalue weighted by atomic mass is 35.5. The monoisotopic (exact) mass is 300 g/mol. The van der Waals surface area contributed by atoms with Crippen molar-refractivity contribution in [2.75, 3.05) is 33.8 Å².